The van der Waals surface area contributed by atoms with Gasteiger partial charge in [-0.05, 0) is 25.3 Å². The van der Waals surface area contributed by atoms with E-state index in [2.05, 4.69) is 4.98 Å². The minimum Gasteiger partial charge on any atom is -0.375 e. The SMILES string of the molecule is C[C@@H]1CN(C(=O)Cn2cnc3sccc3c2=O)[C@@H](C)CO1. The van der Waals surface area contributed by atoms with Crippen molar-refractivity contribution in [2.24, 2.45) is 0 Å². The molecule has 3 heterocycles. The Morgan fingerprint density at radius 2 is 2.33 bits per heavy atom. The maximum absolute atomic E-state index is 12.4. The Morgan fingerprint density at radius 3 is 3.14 bits per heavy atom. The molecule has 2 atom stereocenters. The van der Waals surface area contributed by atoms with Crippen molar-refractivity contribution in [1.82, 2.24) is 14.5 Å². The Morgan fingerprint density at radius 1 is 1.52 bits per heavy atom. The summed E-state index contributed by atoms with van der Waals surface area (Å²) in [5, 5.41) is 2.40. The second-order valence-electron chi connectivity index (χ2n) is 5.36. The number of amides is 1. The lowest BCUT2D eigenvalue weighted by atomic mass is 10.2. The van der Waals surface area contributed by atoms with Crippen LogP contribution in [0, 0.1) is 0 Å². The smallest absolute Gasteiger partial charge is 0.262 e. The summed E-state index contributed by atoms with van der Waals surface area (Å²) in [7, 11) is 0. The molecule has 0 spiro atoms. The van der Waals surface area contributed by atoms with Gasteiger partial charge in [0.1, 0.15) is 11.4 Å². The first-order valence-electron chi connectivity index (χ1n) is 6.90. The second-order valence-corrected chi connectivity index (χ2v) is 6.25. The lowest BCUT2D eigenvalue weighted by Crippen LogP contribution is -2.51. The van der Waals surface area contributed by atoms with Crippen LogP contribution in [-0.2, 0) is 16.1 Å². The number of hydrogen-bond donors (Lipinski definition) is 0. The fraction of sp³-hybridized carbons (Fsp3) is 0.500. The summed E-state index contributed by atoms with van der Waals surface area (Å²) >= 11 is 1.42. The molecule has 1 aliphatic heterocycles. The van der Waals surface area contributed by atoms with Crippen molar-refractivity contribution in [3.63, 3.8) is 0 Å². The second kappa shape index (κ2) is 5.57. The molecule has 0 unspecified atom stereocenters. The van der Waals surface area contributed by atoms with Crippen LogP contribution in [0.15, 0.2) is 22.6 Å². The summed E-state index contributed by atoms with van der Waals surface area (Å²) in [5.74, 6) is -0.0730. The maximum atomic E-state index is 12.4. The average Bonchev–Trinajstić information content (AvgIpc) is 2.93. The topological polar surface area (TPSA) is 64.4 Å². The number of rotatable bonds is 2. The number of thiophene rings is 1. The summed E-state index contributed by atoms with van der Waals surface area (Å²) < 4.78 is 6.90. The number of hydrogen-bond acceptors (Lipinski definition) is 5. The molecule has 0 bridgehead atoms. The van der Waals surface area contributed by atoms with Gasteiger partial charge in [-0.2, -0.15) is 0 Å². The number of morpholine rings is 1. The largest absolute Gasteiger partial charge is 0.375 e. The van der Waals surface area contributed by atoms with Crippen LogP contribution in [-0.4, -0.2) is 45.7 Å². The summed E-state index contributed by atoms with van der Waals surface area (Å²) in [5.41, 5.74) is -0.163. The Kier molecular flexibility index (Phi) is 3.77. The molecule has 6 nitrogen and oxygen atoms in total. The molecule has 0 radical (unpaired) electrons. The monoisotopic (exact) mass is 307 g/mol. The first kappa shape index (κ1) is 14.2. The van der Waals surface area contributed by atoms with E-state index >= 15 is 0 Å². The normalized spacial score (nSPS) is 22.7. The molecule has 0 aromatic carbocycles. The van der Waals surface area contributed by atoms with Crippen LogP contribution in [0.1, 0.15) is 13.8 Å². The van der Waals surface area contributed by atoms with Crippen molar-refractivity contribution in [2.75, 3.05) is 13.2 Å². The molecule has 2 aromatic rings. The van der Waals surface area contributed by atoms with Crippen LogP contribution in [0.5, 0.6) is 0 Å². The Bertz CT molecular complexity index is 724. The number of aromatic nitrogens is 2. The molecular weight excluding hydrogens is 290 g/mol. The third-order valence-corrected chi connectivity index (χ3v) is 4.50. The van der Waals surface area contributed by atoms with Gasteiger partial charge in [-0.3, -0.25) is 14.2 Å². The first-order valence-corrected chi connectivity index (χ1v) is 7.78. The van der Waals surface area contributed by atoms with E-state index in [1.165, 1.54) is 22.2 Å². The van der Waals surface area contributed by atoms with Crippen molar-refractivity contribution in [3.8, 4) is 0 Å². The van der Waals surface area contributed by atoms with E-state index in [9.17, 15) is 9.59 Å². The highest BCUT2D eigenvalue weighted by Crippen LogP contribution is 2.14. The number of carbonyl (C=O) groups is 1. The fourth-order valence-electron chi connectivity index (χ4n) is 2.49. The van der Waals surface area contributed by atoms with E-state index in [4.69, 9.17) is 4.74 Å². The van der Waals surface area contributed by atoms with E-state index < -0.39 is 0 Å². The molecule has 3 rings (SSSR count). The molecule has 0 saturated carbocycles. The standard InChI is InChI=1S/C14H17N3O3S/c1-9-7-20-10(2)5-17(9)12(18)6-16-8-15-13-11(14(16)19)3-4-21-13/h3-4,8-10H,5-7H2,1-2H3/t9-,10+/m0/s1. The van der Waals surface area contributed by atoms with Crippen LogP contribution in [0.25, 0.3) is 10.2 Å². The van der Waals surface area contributed by atoms with Gasteiger partial charge in [-0.15, -0.1) is 11.3 Å². The fourth-order valence-corrected chi connectivity index (χ4v) is 3.22. The van der Waals surface area contributed by atoms with Gasteiger partial charge in [0.2, 0.25) is 5.91 Å². The van der Waals surface area contributed by atoms with Gasteiger partial charge in [0.25, 0.3) is 5.56 Å². The molecule has 7 heteroatoms. The summed E-state index contributed by atoms with van der Waals surface area (Å²) in [6, 6.07) is 1.78. The zero-order valence-electron chi connectivity index (χ0n) is 12.0. The molecule has 2 aromatic heterocycles. The average molecular weight is 307 g/mol. The van der Waals surface area contributed by atoms with Gasteiger partial charge in [0, 0.05) is 6.54 Å². The molecule has 1 fully saturated rings. The van der Waals surface area contributed by atoms with Gasteiger partial charge in [-0.1, -0.05) is 0 Å². The third-order valence-electron chi connectivity index (χ3n) is 3.68. The van der Waals surface area contributed by atoms with E-state index in [1.54, 1.807) is 11.0 Å². The Hall–Kier alpha value is -1.73. The third kappa shape index (κ3) is 2.71. The van der Waals surface area contributed by atoms with E-state index in [-0.39, 0.29) is 30.2 Å². The molecule has 0 N–H and O–H groups in total. The van der Waals surface area contributed by atoms with Crippen molar-refractivity contribution >= 4 is 27.5 Å². The van der Waals surface area contributed by atoms with E-state index in [0.717, 1.165) is 0 Å². The van der Waals surface area contributed by atoms with E-state index in [0.29, 0.717) is 23.4 Å². The molecular formula is C14H17N3O3S. The van der Waals surface area contributed by atoms with Crippen molar-refractivity contribution < 1.29 is 9.53 Å². The minimum absolute atomic E-state index is 0.0225. The van der Waals surface area contributed by atoms with Crippen molar-refractivity contribution in [2.45, 2.75) is 32.5 Å². The Labute approximate surface area is 126 Å². The maximum Gasteiger partial charge on any atom is 0.262 e. The lowest BCUT2D eigenvalue weighted by Gasteiger charge is -2.36. The molecule has 1 saturated heterocycles. The van der Waals surface area contributed by atoms with Crippen molar-refractivity contribution in [3.05, 3.63) is 28.1 Å². The lowest BCUT2D eigenvalue weighted by molar-refractivity contribution is -0.143. The van der Waals surface area contributed by atoms with Crippen LogP contribution in [0.4, 0.5) is 0 Å². The number of carbonyl (C=O) groups excluding carboxylic acids is 1. The highest BCUT2D eigenvalue weighted by molar-refractivity contribution is 7.16. The van der Waals surface area contributed by atoms with Gasteiger partial charge in [-0.25, -0.2) is 4.98 Å². The number of nitrogens with zero attached hydrogens (tertiary/aromatic N) is 3. The van der Waals surface area contributed by atoms with Gasteiger partial charge in [0.05, 0.1) is 30.5 Å². The minimum atomic E-state index is -0.163. The summed E-state index contributed by atoms with van der Waals surface area (Å²) in [4.78, 5) is 31.4. The molecule has 21 heavy (non-hydrogen) atoms. The highest BCUT2D eigenvalue weighted by atomic mass is 32.1. The summed E-state index contributed by atoms with van der Waals surface area (Å²) in [6.45, 7) is 5.01. The van der Waals surface area contributed by atoms with Crippen LogP contribution >= 0.6 is 11.3 Å². The van der Waals surface area contributed by atoms with Gasteiger partial charge >= 0.3 is 0 Å². The highest BCUT2D eigenvalue weighted by Gasteiger charge is 2.27. The quantitative estimate of drug-likeness (QED) is 0.833. The van der Waals surface area contributed by atoms with Crippen LogP contribution in [0.3, 0.4) is 0 Å². The van der Waals surface area contributed by atoms with Crippen LogP contribution < -0.4 is 5.56 Å². The first-order chi connectivity index (χ1) is 10.1. The summed E-state index contributed by atoms with van der Waals surface area (Å²) in [6.07, 6.45) is 1.48. The predicted octanol–water partition coefficient (Wildman–Crippen LogP) is 1.09. The van der Waals surface area contributed by atoms with Crippen LogP contribution in [0.2, 0.25) is 0 Å². The number of fused-ring (bicyclic) bond motifs is 1. The molecule has 1 aliphatic rings. The van der Waals surface area contributed by atoms with Gasteiger partial charge in [0.15, 0.2) is 0 Å². The van der Waals surface area contributed by atoms with Gasteiger partial charge < -0.3 is 9.64 Å². The zero-order valence-corrected chi connectivity index (χ0v) is 12.8. The predicted molar refractivity (Wildman–Crippen MR) is 80.5 cm³/mol. The number of ether oxygens (including phenoxy) is 1. The molecule has 112 valence electrons. The molecule has 0 aliphatic carbocycles. The van der Waals surface area contributed by atoms with Crippen molar-refractivity contribution in [1.29, 1.82) is 0 Å². The molecule has 1 amide bonds. The Balaban J connectivity index is 1.82. The van der Waals surface area contributed by atoms with E-state index in [1.807, 2.05) is 19.2 Å². The zero-order chi connectivity index (χ0) is 15.0.